The van der Waals surface area contributed by atoms with Gasteiger partial charge in [-0.15, -0.1) is 0 Å². The molecular weight excluding hydrogens is 355 g/mol. The Labute approximate surface area is 165 Å². The van der Waals surface area contributed by atoms with Crippen LogP contribution in [0.15, 0.2) is 42.6 Å². The van der Waals surface area contributed by atoms with Crippen molar-refractivity contribution in [1.29, 1.82) is 0 Å². The quantitative estimate of drug-likeness (QED) is 0.650. The monoisotopic (exact) mass is 382 g/mol. The summed E-state index contributed by atoms with van der Waals surface area (Å²) in [6.45, 7) is 8.40. The third kappa shape index (κ3) is 4.55. The zero-order valence-corrected chi connectivity index (χ0v) is 16.8. The van der Waals surface area contributed by atoms with Gasteiger partial charge in [-0.05, 0) is 56.0 Å². The van der Waals surface area contributed by atoms with Gasteiger partial charge in [0.15, 0.2) is 5.65 Å². The predicted octanol–water partition coefficient (Wildman–Crippen LogP) is 4.60. The number of carbonyl (C=O) groups is 1. The van der Waals surface area contributed by atoms with Crippen molar-refractivity contribution in [3.63, 3.8) is 0 Å². The van der Waals surface area contributed by atoms with Gasteiger partial charge in [0, 0.05) is 12.2 Å². The highest BCUT2D eigenvalue weighted by Crippen LogP contribution is 2.27. The van der Waals surface area contributed by atoms with Gasteiger partial charge < -0.3 is 9.88 Å². The number of benzene rings is 1. The van der Waals surface area contributed by atoms with E-state index in [4.69, 9.17) is 4.98 Å². The number of amides is 1. The Balaban J connectivity index is 1.91. The molecule has 2 aromatic heterocycles. The maximum absolute atomic E-state index is 13.4. The van der Waals surface area contributed by atoms with Crippen molar-refractivity contribution < 1.29 is 9.18 Å². The molecule has 0 unspecified atom stereocenters. The average molecular weight is 382 g/mol. The minimum atomic E-state index is -0.336. The highest BCUT2D eigenvalue weighted by molar-refractivity contribution is 5.79. The van der Waals surface area contributed by atoms with Crippen molar-refractivity contribution in [3.8, 4) is 0 Å². The highest BCUT2D eigenvalue weighted by Gasteiger charge is 2.25. The third-order valence-corrected chi connectivity index (χ3v) is 4.60. The molecule has 0 aliphatic rings. The zero-order valence-electron chi connectivity index (χ0n) is 16.8. The van der Waals surface area contributed by atoms with Crippen LogP contribution in [0.4, 0.5) is 4.39 Å². The second-order valence-electron chi connectivity index (χ2n) is 7.84. The van der Waals surface area contributed by atoms with Gasteiger partial charge in [-0.3, -0.25) is 4.79 Å². The first-order valence-electron chi connectivity index (χ1n) is 9.71. The van der Waals surface area contributed by atoms with Gasteiger partial charge in [-0.25, -0.2) is 14.4 Å². The topological polar surface area (TPSA) is 59.8 Å². The Hall–Kier alpha value is -2.76. The van der Waals surface area contributed by atoms with Crippen molar-refractivity contribution in [2.45, 2.75) is 52.6 Å². The van der Waals surface area contributed by atoms with Crippen LogP contribution in [0.3, 0.4) is 0 Å². The Morgan fingerprint density at radius 1 is 1.18 bits per heavy atom. The van der Waals surface area contributed by atoms with Gasteiger partial charge in [0.2, 0.25) is 5.91 Å². The van der Waals surface area contributed by atoms with Crippen LogP contribution >= 0.6 is 0 Å². The van der Waals surface area contributed by atoms with E-state index < -0.39 is 0 Å². The molecule has 1 aromatic carbocycles. The summed E-state index contributed by atoms with van der Waals surface area (Å²) in [6.07, 6.45) is 2.64. The van der Waals surface area contributed by atoms with E-state index in [1.807, 2.05) is 12.1 Å². The van der Waals surface area contributed by atoms with Crippen LogP contribution in [0, 0.1) is 11.7 Å². The number of carbonyl (C=O) groups excluding carboxylic acids is 1. The number of pyridine rings is 1. The number of hydrogen-bond donors (Lipinski definition) is 1. The smallest absolute Gasteiger partial charge is 0.225 e. The van der Waals surface area contributed by atoms with Gasteiger partial charge >= 0.3 is 0 Å². The number of imidazole rings is 1. The molecule has 0 aliphatic heterocycles. The summed E-state index contributed by atoms with van der Waals surface area (Å²) >= 11 is 0. The van der Waals surface area contributed by atoms with E-state index in [1.165, 1.54) is 12.1 Å². The van der Waals surface area contributed by atoms with E-state index in [9.17, 15) is 9.18 Å². The molecule has 0 saturated heterocycles. The van der Waals surface area contributed by atoms with E-state index >= 15 is 0 Å². The minimum absolute atomic E-state index is 0.131. The number of nitrogens with zero attached hydrogens (tertiary/aromatic N) is 3. The lowest BCUT2D eigenvalue weighted by Crippen LogP contribution is -2.33. The first kappa shape index (κ1) is 20.0. The van der Waals surface area contributed by atoms with Crippen LogP contribution in [0.2, 0.25) is 0 Å². The number of rotatable bonds is 7. The van der Waals surface area contributed by atoms with Crippen LogP contribution < -0.4 is 5.32 Å². The fourth-order valence-corrected chi connectivity index (χ4v) is 3.48. The molecule has 0 saturated carbocycles. The lowest BCUT2D eigenvalue weighted by atomic mass is 10.0. The normalized spacial score (nSPS) is 12.7. The van der Waals surface area contributed by atoms with E-state index in [0.29, 0.717) is 11.5 Å². The molecule has 1 N–H and O–H groups in total. The van der Waals surface area contributed by atoms with Crippen molar-refractivity contribution in [1.82, 2.24) is 19.9 Å². The molecule has 148 valence electrons. The molecule has 2 heterocycles. The third-order valence-electron chi connectivity index (χ3n) is 4.60. The molecule has 3 aromatic rings. The first-order valence-corrected chi connectivity index (χ1v) is 9.71. The molecule has 0 radical (unpaired) electrons. The van der Waals surface area contributed by atoms with Crippen LogP contribution in [-0.2, 0) is 11.2 Å². The maximum Gasteiger partial charge on any atom is 0.225 e. The number of halogens is 1. The molecule has 1 atom stereocenters. The number of aromatic nitrogens is 3. The molecule has 1 amide bonds. The zero-order chi connectivity index (χ0) is 20.3. The van der Waals surface area contributed by atoms with Gasteiger partial charge in [-0.2, -0.15) is 0 Å². The van der Waals surface area contributed by atoms with Crippen molar-refractivity contribution in [2.24, 2.45) is 5.92 Å². The van der Waals surface area contributed by atoms with Gasteiger partial charge in [0.25, 0.3) is 0 Å². The Bertz CT molecular complexity index is 964. The second-order valence-corrected chi connectivity index (χ2v) is 7.84. The maximum atomic E-state index is 13.4. The second kappa shape index (κ2) is 8.50. The summed E-state index contributed by atoms with van der Waals surface area (Å²) in [6, 6.07) is 9.86. The van der Waals surface area contributed by atoms with Crippen LogP contribution in [-0.4, -0.2) is 20.4 Å². The van der Waals surface area contributed by atoms with E-state index in [0.717, 1.165) is 23.4 Å². The average Bonchev–Trinajstić information content (AvgIpc) is 3.00. The molecule has 0 spiro atoms. The van der Waals surface area contributed by atoms with Crippen molar-refractivity contribution in [3.05, 3.63) is 59.8 Å². The standard InChI is InChI=1S/C22H27FN4O/c1-14(2)11-19(25-20(28)13-16-7-5-8-17(23)12-16)22-26-18-9-6-10-24-21(18)27(22)15(3)4/h5-10,12,14-15,19H,11,13H2,1-4H3,(H,25,28)/t19-/m1/s1. The number of hydrogen-bond acceptors (Lipinski definition) is 3. The molecular formula is C22H27FN4O. The van der Waals surface area contributed by atoms with E-state index in [-0.39, 0.29) is 30.2 Å². The fourth-order valence-electron chi connectivity index (χ4n) is 3.48. The lowest BCUT2D eigenvalue weighted by Gasteiger charge is -2.23. The summed E-state index contributed by atoms with van der Waals surface area (Å²) in [5.74, 6) is 0.695. The molecule has 3 rings (SSSR count). The van der Waals surface area contributed by atoms with Crippen LogP contribution in [0.1, 0.15) is 57.6 Å². The van der Waals surface area contributed by atoms with E-state index in [1.54, 1.807) is 18.3 Å². The van der Waals surface area contributed by atoms with Gasteiger partial charge in [-0.1, -0.05) is 26.0 Å². The Morgan fingerprint density at radius 3 is 2.64 bits per heavy atom. The number of nitrogens with one attached hydrogen (secondary N) is 1. The summed E-state index contributed by atoms with van der Waals surface area (Å²) in [4.78, 5) is 22.0. The molecule has 0 fully saturated rings. The van der Waals surface area contributed by atoms with E-state index in [2.05, 4.69) is 42.6 Å². The molecule has 0 bridgehead atoms. The van der Waals surface area contributed by atoms with Gasteiger partial charge in [0.1, 0.15) is 17.2 Å². The Morgan fingerprint density at radius 2 is 1.96 bits per heavy atom. The molecule has 0 aliphatic carbocycles. The summed E-state index contributed by atoms with van der Waals surface area (Å²) < 4.78 is 15.5. The SMILES string of the molecule is CC(C)C[C@@H](NC(=O)Cc1cccc(F)c1)c1nc2cccnc2n1C(C)C. The van der Waals surface area contributed by atoms with Crippen molar-refractivity contribution >= 4 is 17.1 Å². The highest BCUT2D eigenvalue weighted by atomic mass is 19.1. The first-order chi connectivity index (χ1) is 13.3. The summed E-state index contributed by atoms with van der Waals surface area (Å²) in [7, 11) is 0. The van der Waals surface area contributed by atoms with Gasteiger partial charge in [0.05, 0.1) is 12.5 Å². The molecule has 5 nitrogen and oxygen atoms in total. The fraction of sp³-hybridized carbons (Fsp3) is 0.409. The van der Waals surface area contributed by atoms with Crippen LogP contribution in [0.25, 0.3) is 11.2 Å². The summed E-state index contributed by atoms with van der Waals surface area (Å²) in [5.41, 5.74) is 2.29. The molecule has 28 heavy (non-hydrogen) atoms. The number of fused-ring (bicyclic) bond motifs is 1. The summed E-state index contributed by atoms with van der Waals surface area (Å²) in [5, 5.41) is 3.12. The van der Waals surface area contributed by atoms with Crippen LogP contribution in [0.5, 0.6) is 0 Å². The molecule has 6 heteroatoms. The lowest BCUT2D eigenvalue weighted by molar-refractivity contribution is -0.121. The predicted molar refractivity (Wildman–Crippen MR) is 108 cm³/mol. The largest absolute Gasteiger partial charge is 0.346 e. The minimum Gasteiger partial charge on any atom is -0.346 e. The van der Waals surface area contributed by atoms with Crippen molar-refractivity contribution in [2.75, 3.05) is 0 Å². The Kier molecular flexibility index (Phi) is 6.07.